The van der Waals surface area contributed by atoms with Gasteiger partial charge in [-0.15, -0.1) is 24.0 Å². The molecule has 0 bridgehead atoms. The Labute approximate surface area is 205 Å². The van der Waals surface area contributed by atoms with Crippen LogP contribution in [-0.2, 0) is 19.5 Å². The molecule has 3 N–H and O–H groups in total. The number of benzene rings is 3. The van der Waals surface area contributed by atoms with E-state index in [2.05, 4.69) is 75.8 Å². The Morgan fingerprint density at radius 1 is 0.969 bits per heavy atom. The van der Waals surface area contributed by atoms with Crippen LogP contribution in [0.3, 0.4) is 0 Å². The molecule has 0 aliphatic carbocycles. The fourth-order valence-electron chi connectivity index (χ4n) is 3.41. The molecule has 0 aliphatic rings. The van der Waals surface area contributed by atoms with E-state index in [0.29, 0.717) is 19.0 Å². The summed E-state index contributed by atoms with van der Waals surface area (Å²) in [6.07, 6.45) is 4.28. The monoisotopic (exact) mass is 538 g/mol. The highest BCUT2D eigenvalue weighted by Crippen LogP contribution is 2.25. The second kappa shape index (κ2) is 11.4. The minimum Gasteiger partial charge on any atom is -0.370 e. The fraction of sp³-hybridized carbons (Fsp3) is 0.160. The smallest absolute Gasteiger partial charge is 0.193 e. The maximum absolute atomic E-state index is 6.12. The number of aromatic nitrogens is 3. The van der Waals surface area contributed by atoms with Crippen LogP contribution in [-0.4, -0.2) is 20.7 Å². The number of halogens is 1. The van der Waals surface area contributed by atoms with Gasteiger partial charge in [-0.3, -0.25) is 0 Å². The number of aliphatic imine (C=N–C) groups is 1. The van der Waals surface area contributed by atoms with Crippen molar-refractivity contribution < 1.29 is 0 Å². The van der Waals surface area contributed by atoms with E-state index in [-0.39, 0.29) is 24.0 Å². The molecule has 0 saturated heterocycles. The molecule has 0 unspecified atom stereocenters. The molecule has 0 atom stereocenters. The summed E-state index contributed by atoms with van der Waals surface area (Å²) in [7, 11) is 0. The van der Waals surface area contributed by atoms with E-state index in [4.69, 9.17) is 5.73 Å². The Bertz CT molecular complexity index is 1140. The Hall–Kier alpha value is -3.20. The molecule has 3 aromatic carbocycles. The standard InChI is InChI=1S/C25H26N6.HI/c1-2-19-9-13-23(14-10-19)30-25(26)28-15-22-5-3-4-6-24(22)21-11-7-20(8-12-21)16-31-18-27-17-29-31;/h3-14,17-18H,2,15-16H2,1H3,(H3,26,28,30);1H. The molecule has 6 nitrogen and oxygen atoms in total. The van der Waals surface area contributed by atoms with E-state index in [1.54, 1.807) is 12.7 Å². The Morgan fingerprint density at radius 3 is 2.38 bits per heavy atom. The Morgan fingerprint density at radius 2 is 1.69 bits per heavy atom. The van der Waals surface area contributed by atoms with Gasteiger partial charge >= 0.3 is 0 Å². The van der Waals surface area contributed by atoms with E-state index in [0.717, 1.165) is 28.8 Å². The number of hydrogen-bond acceptors (Lipinski definition) is 3. The average molecular weight is 538 g/mol. The molecule has 0 fully saturated rings. The molecule has 7 heteroatoms. The van der Waals surface area contributed by atoms with E-state index in [9.17, 15) is 0 Å². The lowest BCUT2D eigenvalue weighted by molar-refractivity contribution is 0.685. The minimum atomic E-state index is 0. The fourth-order valence-corrected chi connectivity index (χ4v) is 3.41. The first-order chi connectivity index (χ1) is 15.2. The predicted octanol–water partition coefficient (Wildman–Crippen LogP) is 5.10. The number of anilines is 1. The van der Waals surface area contributed by atoms with Crippen molar-refractivity contribution in [3.63, 3.8) is 0 Å². The molecule has 0 spiro atoms. The zero-order valence-electron chi connectivity index (χ0n) is 18.0. The Balaban J connectivity index is 0.00000289. The molecule has 0 radical (unpaired) electrons. The zero-order valence-corrected chi connectivity index (χ0v) is 20.3. The van der Waals surface area contributed by atoms with Gasteiger partial charge in [0.15, 0.2) is 5.96 Å². The number of guanidine groups is 1. The van der Waals surface area contributed by atoms with Crippen molar-refractivity contribution in [3.05, 3.63) is 102 Å². The third-order valence-electron chi connectivity index (χ3n) is 5.15. The largest absolute Gasteiger partial charge is 0.370 e. The lowest BCUT2D eigenvalue weighted by atomic mass is 9.98. The maximum atomic E-state index is 6.12. The SMILES string of the molecule is CCc1ccc(NC(N)=NCc2ccccc2-c2ccc(Cn3cncn3)cc2)cc1.I. The van der Waals surface area contributed by atoms with Crippen LogP contribution in [0.5, 0.6) is 0 Å². The minimum absolute atomic E-state index is 0. The van der Waals surface area contributed by atoms with Gasteiger partial charge in [0.1, 0.15) is 12.7 Å². The average Bonchev–Trinajstić information content (AvgIpc) is 3.32. The molecular weight excluding hydrogens is 511 g/mol. The van der Waals surface area contributed by atoms with Gasteiger partial charge in [-0.25, -0.2) is 14.7 Å². The van der Waals surface area contributed by atoms with Crippen molar-refractivity contribution in [1.82, 2.24) is 14.8 Å². The second-order valence-corrected chi connectivity index (χ2v) is 7.32. The number of aryl methyl sites for hydroxylation is 1. The molecule has 0 amide bonds. The Kier molecular flexibility index (Phi) is 8.38. The van der Waals surface area contributed by atoms with Crippen LogP contribution >= 0.6 is 24.0 Å². The third kappa shape index (κ3) is 6.16. The van der Waals surface area contributed by atoms with Crippen LogP contribution in [0.25, 0.3) is 11.1 Å². The summed E-state index contributed by atoms with van der Waals surface area (Å²) in [5.74, 6) is 0.405. The lowest BCUT2D eigenvalue weighted by Crippen LogP contribution is -2.22. The van der Waals surface area contributed by atoms with E-state index >= 15 is 0 Å². The topological polar surface area (TPSA) is 81.1 Å². The molecule has 4 aromatic rings. The quantitative estimate of drug-likeness (QED) is 0.195. The van der Waals surface area contributed by atoms with Crippen LogP contribution in [0.2, 0.25) is 0 Å². The summed E-state index contributed by atoms with van der Waals surface area (Å²) in [5.41, 5.74) is 13.0. The van der Waals surface area contributed by atoms with Crippen molar-refractivity contribution in [1.29, 1.82) is 0 Å². The number of nitrogens with two attached hydrogens (primary N) is 1. The van der Waals surface area contributed by atoms with E-state index in [1.165, 1.54) is 11.1 Å². The predicted molar refractivity (Wildman–Crippen MR) is 141 cm³/mol. The van der Waals surface area contributed by atoms with Gasteiger partial charge in [0.25, 0.3) is 0 Å². The molecular formula is C25H27IN6. The summed E-state index contributed by atoms with van der Waals surface area (Å²) in [4.78, 5) is 8.54. The van der Waals surface area contributed by atoms with Crippen molar-refractivity contribution in [2.24, 2.45) is 10.7 Å². The zero-order chi connectivity index (χ0) is 21.5. The number of nitrogens with zero attached hydrogens (tertiary/aromatic N) is 4. The molecule has 4 rings (SSSR count). The van der Waals surface area contributed by atoms with Gasteiger partial charge in [-0.1, -0.05) is 67.6 Å². The highest BCUT2D eigenvalue weighted by molar-refractivity contribution is 14.0. The summed E-state index contributed by atoms with van der Waals surface area (Å²) in [6, 6.07) is 25.0. The van der Waals surface area contributed by atoms with Crippen molar-refractivity contribution in [2.75, 3.05) is 5.32 Å². The molecule has 1 heterocycles. The first-order valence-electron chi connectivity index (χ1n) is 10.4. The maximum Gasteiger partial charge on any atom is 0.193 e. The van der Waals surface area contributed by atoms with Crippen LogP contribution < -0.4 is 11.1 Å². The first-order valence-corrected chi connectivity index (χ1v) is 10.4. The second-order valence-electron chi connectivity index (χ2n) is 7.32. The van der Waals surface area contributed by atoms with Crippen molar-refractivity contribution >= 4 is 35.6 Å². The lowest BCUT2D eigenvalue weighted by Gasteiger charge is -2.10. The van der Waals surface area contributed by atoms with E-state index < -0.39 is 0 Å². The highest BCUT2D eigenvalue weighted by Gasteiger charge is 2.06. The summed E-state index contributed by atoms with van der Waals surface area (Å²) in [5, 5.41) is 7.32. The normalized spacial score (nSPS) is 11.1. The van der Waals surface area contributed by atoms with Gasteiger partial charge in [-0.05, 0) is 46.4 Å². The van der Waals surface area contributed by atoms with E-state index in [1.807, 2.05) is 28.9 Å². The van der Waals surface area contributed by atoms with Crippen LogP contribution in [0.15, 0.2) is 90.4 Å². The highest BCUT2D eigenvalue weighted by atomic mass is 127. The first kappa shape index (κ1) is 23.5. The van der Waals surface area contributed by atoms with Gasteiger partial charge in [-0.2, -0.15) is 5.10 Å². The molecule has 0 saturated carbocycles. The van der Waals surface area contributed by atoms with Crippen LogP contribution in [0, 0.1) is 0 Å². The number of hydrogen-bond donors (Lipinski definition) is 2. The molecule has 164 valence electrons. The van der Waals surface area contributed by atoms with Crippen molar-refractivity contribution in [2.45, 2.75) is 26.4 Å². The summed E-state index contributed by atoms with van der Waals surface area (Å²) in [6.45, 7) is 3.34. The molecule has 0 aliphatic heterocycles. The summed E-state index contributed by atoms with van der Waals surface area (Å²) < 4.78 is 1.81. The third-order valence-corrected chi connectivity index (χ3v) is 5.15. The number of nitrogens with one attached hydrogen (secondary N) is 1. The van der Waals surface area contributed by atoms with Gasteiger partial charge < -0.3 is 11.1 Å². The number of rotatable bonds is 7. The van der Waals surface area contributed by atoms with Crippen LogP contribution in [0.1, 0.15) is 23.6 Å². The van der Waals surface area contributed by atoms with Gasteiger partial charge in [0.2, 0.25) is 0 Å². The van der Waals surface area contributed by atoms with Gasteiger partial charge in [0, 0.05) is 5.69 Å². The van der Waals surface area contributed by atoms with Gasteiger partial charge in [0.05, 0.1) is 13.1 Å². The molecule has 32 heavy (non-hydrogen) atoms. The van der Waals surface area contributed by atoms with Crippen LogP contribution in [0.4, 0.5) is 5.69 Å². The summed E-state index contributed by atoms with van der Waals surface area (Å²) >= 11 is 0. The molecule has 1 aromatic heterocycles. The van der Waals surface area contributed by atoms with Crippen molar-refractivity contribution in [3.8, 4) is 11.1 Å².